The molecule has 21 heavy (non-hydrogen) atoms. The number of H-pyrrole nitrogens is 1. The Bertz CT molecular complexity index is 896. The van der Waals surface area contributed by atoms with Gasteiger partial charge in [0.05, 0.1) is 4.90 Å². The van der Waals surface area contributed by atoms with Crippen LogP contribution in [0.5, 0.6) is 0 Å². The summed E-state index contributed by atoms with van der Waals surface area (Å²) in [6, 6.07) is 15.1. The lowest BCUT2D eigenvalue weighted by molar-refractivity contribution is 0.463. The van der Waals surface area contributed by atoms with Crippen LogP contribution in [0, 0.1) is 0 Å². The van der Waals surface area contributed by atoms with Crippen molar-refractivity contribution in [2.45, 2.75) is 4.90 Å². The minimum atomic E-state index is -4.58. The summed E-state index contributed by atoms with van der Waals surface area (Å²) in [5.74, 6) is 0.481. The van der Waals surface area contributed by atoms with Gasteiger partial charge < -0.3 is 9.54 Å². The number of hydrogen-bond donors (Lipinski definition) is 1. The highest BCUT2D eigenvalue weighted by Crippen LogP contribution is 2.27. The van der Waals surface area contributed by atoms with Crippen molar-refractivity contribution in [2.24, 2.45) is 10.2 Å². The molecule has 0 saturated heterocycles. The smallest absolute Gasteiger partial charge is 0.153 e. The first-order valence-corrected chi connectivity index (χ1v) is 7.49. The van der Waals surface area contributed by atoms with E-state index >= 15 is 0 Å². The van der Waals surface area contributed by atoms with Crippen LogP contribution in [-0.2, 0) is 10.1 Å². The molecule has 0 saturated carbocycles. The van der Waals surface area contributed by atoms with E-state index < -0.39 is 10.1 Å². The van der Waals surface area contributed by atoms with E-state index in [1.165, 1.54) is 18.2 Å². The standard InChI is InChI=1S/C14H11N3O3S/c18-21(19,20)13-8-4-3-7-12(13)16-17-14-9-10-5-1-2-6-11(10)15-14/h1-9,15H,(H,18,19,20)/p-1. The number of aromatic amines is 1. The Morgan fingerprint density at radius 2 is 1.67 bits per heavy atom. The lowest BCUT2D eigenvalue weighted by Gasteiger charge is -2.08. The molecule has 1 heterocycles. The van der Waals surface area contributed by atoms with Crippen LogP contribution in [0.2, 0.25) is 0 Å². The number of azo groups is 1. The third-order valence-corrected chi connectivity index (χ3v) is 3.80. The van der Waals surface area contributed by atoms with Crippen LogP contribution in [0.25, 0.3) is 10.9 Å². The number of hydrogen-bond acceptors (Lipinski definition) is 5. The van der Waals surface area contributed by atoms with Crippen molar-refractivity contribution in [3.63, 3.8) is 0 Å². The van der Waals surface area contributed by atoms with Crippen molar-refractivity contribution in [3.8, 4) is 0 Å². The molecule has 0 atom stereocenters. The molecule has 7 heteroatoms. The van der Waals surface area contributed by atoms with Crippen LogP contribution < -0.4 is 0 Å². The van der Waals surface area contributed by atoms with Crippen molar-refractivity contribution >= 4 is 32.5 Å². The molecule has 0 unspecified atom stereocenters. The zero-order chi connectivity index (χ0) is 14.9. The molecule has 0 aliphatic carbocycles. The van der Waals surface area contributed by atoms with E-state index in [0.717, 1.165) is 10.9 Å². The van der Waals surface area contributed by atoms with Crippen molar-refractivity contribution in [2.75, 3.05) is 0 Å². The molecular weight excluding hydrogens is 290 g/mol. The van der Waals surface area contributed by atoms with Crippen molar-refractivity contribution in [1.29, 1.82) is 0 Å². The van der Waals surface area contributed by atoms with E-state index in [4.69, 9.17) is 0 Å². The van der Waals surface area contributed by atoms with Gasteiger partial charge in [0.1, 0.15) is 15.8 Å². The van der Waals surface area contributed by atoms with Crippen LogP contribution in [0.1, 0.15) is 0 Å². The fraction of sp³-hybridized carbons (Fsp3) is 0. The van der Waals surface area contributed by atoms with Crippen molar-refractivity contribution < 1.29 is 13.0 Å². The van der Waals surface area contributed by atoms with Crippen LogP contribution in [0.3, 0.4) is 0 Å². The second-order valence-corrected chi connectivity index (χ2v) is 5.71. The molecular formula is C14H10N3O3S-. The maximum atomic E-state index is 11.1. The highest BCUT2D eigenvalue weighted by molar-refractivity contribution is 7.85. The van der Waals surface area contributed by atoms with Crippen LogP contribution in [-0.4, -0.2) is 18.0 Å². The summed E-state index contributed by atoms with van der Waals surface area (Å²) in [7, 11) is -4.58. The molecule has 0 fully saturated rings. The number of nitrogens with one attached hydrogen (secondary N) is 1. The molecule has 0 amide bonds. The maximum Gasteiger partial charge on any atom is 0.153 e. The number of aromatic nitrogens is 1. The lowest BCUT2D eigenvalue weighted by atomic mass is 10.2. The predicted molar refractivity (Wildman–Crippen MR) is 76.9 cm³/mol. The molecule has 0 bridgehead atoms. The molecule has 6 nitrogen and oxygen atoms in total. The number of rotatable bonds is 3. The van der Waals surface area contributed by atoms with Gasteiger partial charge in [0.2, 0.25) is 0 Å². The van der Waals surface area contributed by atoms with E-state index in [-0.39, 0.29) is 10.6 Å². The van der Waals surface area contributed by atoms with Crippen molar-refractivity contribution in [3.05, 3.63) is 54.6 Å². The van der Waals surface area contributed by atoms with Gasteiger partial charge in [-0.05, 0) is 24.3 Å². The van der Waals surface area contributed by atoms with Crippen molar-refractivity contribution in [1.82, 2.24) is 4.98 Å². The molecule has 0 aliphatic rings. The first-order chi connectivity index (χ1) is 10.0. The Morgan fingerprint density at radius 3 is 2.43 bits per heavy atom. The van der Waals surface area contributed by atoms with Gasteiger partial charge in [0.25, 0.3) is 0 Å². The van der Waals surface area contributed by atoms with Gasteiger partial charge >= 0.3 is 0 Å². The number of fused-ring (bicyclic) bond motifs is 1. The Balaban J connectivity index is 2.00. The number of para-hydroxylation sites is 1. The molecule has 3 aromatic rings. The van der Waals surface area contributed by atoms with Crippen LogP contribution in [0.4, 0.5) is 11.5 Å². The van der Waals surface area contributed by atoms with E-state index in [0.29, 0.717) is 5.82 Å². The fourth-order valence-electron chi connectivity index (χ4n) is 1.97. The summed E-state index contributed by atoms with van der Waals surface area (Å²) in [5, 5.41) is 8.78. The highest BCUT2D eigenvalue weighted by Gasteiger charge is 2.07. The van der Waals surface area contributed by atoms with Crippen LogP contribution in [0.15, 0.2) is 69.7 Å². The molecule has 106 valence electrons. The molecule has 1 N–H and O–H groups in total. The third kappa shape index (κ3) is 2.83. The Kier molecular flexibility index (Phi) is 3.28. The maximum absolute atomic E-state index is 11.1. The monoisotopic (exact) mass is 300 g/mol. The second kappa shape index (κ2) is 5.12. The molecule has 1 aromatic heterocycles. The molecule has 0 radical (unpaired) electrons. The second-order valence-electron chi connectivity index (χ2n) is 4.36. The Morgan fingerprint density at radius 1 is 0.952 bits per heavy atom. The summed E-state index contributed by atoms with van der Waals surface area (Å²) in [5.41, 5.74) is 0.919. The van der Waals surface area contributed by atoms with E-state index in [1.807, 2.05) is 24.3 Å². The minimum Gasteiger partial charge on any atom is -0.744 e. The molecule has 0 spiro atoms. The summed E-state index contributed by atoms with van der Waals surface area (Å²) >= 11 is 0. The third-order valence-electron chi connectivity index (χ3n) is 2.92. The van der Waals surface area contributed by atoms with Crippen LogP contribution >= 0.6 is 0 Å². The first-order valence-electron chi connectivity index (χ1n) is 6.08. The van der Waals surface area contributed by atoms with Gasteiger partial charge in [-0.15, -0.1) is 10.2 Å². The number of nitrogens with zero attached hydrogens (tertiary/aromatic N) is 2. The summed E-state index contributed by atoms with van der Waals surface area (Å²) in [6.45, 7) is 0. The summed E-state index contributed by atoms with van der Waals surface area (Å²) in [4.78, 5) is 2.65. The summed E-state index contributed by atoms with van der Waals surface area (Å²) in [6.07, 6.45) is 0. The lowest BCUT2D eigenvalue weighted by Crippen LogP contribution is -1.98. The molecule has 2 aromatic carbocycles. The first kappa shape index (κ1) is 13.5. The minimum absolute atomic E-state index is 0.0196. The number of benzene rings is 2. The normalized spacial score (nSPS) is 12.2. The van der Waals surface area contributed by atoms with E-state index in [2.05, 4.69) is 15.2 Å². The summed E-state index contributed by atoms with van der Waals surface area (Å²) < 4.78 is 33.4. The van der Waals surface area contributed by atoms with Gasteiger partial charge in [-0.3, -0.25) is 0 Å². The van der Waals surface area contributed by atoms with E-state index in [9.17, 15) is 13.0 Å². The van der Waals surface area contributed by atoms with Gasteiger partial charge in [0.15, 0.2) is 5.82 Å². The zero-order valence-electron chi connectivity index (χ0n) is 10.7. The Hall–Kier alpha value is -2.51. The predicted octanol–water partition coefficient (Wildman–Crippen LogP) is 3.49. The fourth-order valence-corrected chi connectivity index (χ4v) is 2.58. The van der Waals surface area contributed by atoms with E-state index in [1.54, 1.807) is 12.1 Å². The Labute approximate surface area is 120 Å². The van der Waals surface area contributed by atoms with Gasteiger partial charge in [-0.25, -0.2) is 8.42 Å². The van der Waals surface area contributed by atoms with Gasteiger partial charge in [-0.1, -0.05) is 30.3 Å². The largest absolute Gasteiger partial charge is 0.744 e. The van der Waals surface area contributed by atoms with Gasteiger partial charge in [-0.2, -0.15) is 0 Å². The highest BCUT2D eigenvalue weighted by atomic mass is 32.2. The zero-order valence-corrected chi connectivity index (χ0v) is 11.5. The molecule has 3 rings (SSSR count). The average molecular weight is 300 g/mol. The topological polar surface area (TPSA) is 97.7 Å². The van der Waals surface area contributed by atoms with Gasteiger partial charge in [0, 0.05) is 10.9 Å². The molecule has 0 aliphatic heterocycles. The average Bonchev–Trinajstić information content (AvgIpc) is 2.87. The quantitative estimate of drug-likeness (QED) is 0.592. The SMILES string of the molecule is O=S(=O)([O-])c1ccccc1N=Nc1cc2ccccc2[nH]1.